The number of ketones is 1. The first-order valence-corrected chi connectivity index (χ1v) is 11.7. The molecule has 0 saturated carbocycles. The Morgan fingerprint density at radius 3 is 2.39 bits per heavy atom. The molecular formula is C27H25BrN2O3. The van der Waals surface area contributed by atoms with Crippen molar-refractivity contribution in [2.75, 3.05) is 24.9 Å². The average Bonchev–Trinajstić information content (AvgIpc) is 3.01. The summed E-state index contributed by atoms with van der Waals surface area (Å²) in [4.78, 5) is 13.7. The molecule has 0 bridgehead atoms. The number of nitrogens with one attached hydrogen (secondary N) is 2. The Balaban J connectivity index is 1.61. The van der Waals surface area contributed by atoms with Crippen LogP contribution in [0.5, 0.6) is 11.5 Å². The van der Waals surface area contributed by atoms with Gasteiger partial charge >= 0.3 is 0 Å². The van der Waals surface area contributed by atoms with Crippen LogP contribution in [0.1, 0.15) is 35.9 Å². The smallest absolute Gasteiger partial charge is 0.163 e. The van der Waals surface area contributed by atoms with Gasteiger partial charge in [0.25, 0.3) is 0 Å². The summed E-state index contributed by atoms with van der Waals surface area (Å²) in [6.45, 7) is 0. The average molecular weight is 505 g/mol. The summed E-state index contributed by atoms with van der Waals surface area (Å²) in [5, 5.41) is 7.20. The van der Waals surface area contributed by atoms with E-state index in [-0.39, 0.29) is 17.7 Å². The number of benzene rings is 3. The quantitative estimate of drug-likeness (QED) is 0.427. The molecule has 1 aliphatic carbocycles. The highest BCUT2D eigenvalue weighted by atomic mass is 79.9. The highest BCUT2D eigenvalue weighted by molar-refractivity contribution is 9.10. The van der Waals surface area contributed by atoms with Crippen LogP contribution in [0.15, 0.2) is 82.5 Å². The van der Waals surface area contributed by atoms with E-state index >= 15 is 0 Å². The van der Waals surface area contributed by atoms with Gasteiger partial charge in [-0.25, -0.2) is 0 Å². The monoisotopic (exact) mass is 504 g/mol. The molecule has 0 saturated heterocycles. The summed E-state index contributed by atoms with van der Waals surface area (Å²) >= 11 is 3.59. The number of rotatable bonds is 4. The number of carbonyl (C=O) groups excluding carboxylic acids is 1. The fraction of sp³-hybridized carbons (Fsp3) is 0.222. The SMILES string of the molecule is COc1ccc([C@H]2CC(=O)C3=C(C2)Nc2ccccc2N[C@H]3c2cc(Br)ccc2OC)cc1. The molecule has 0 spiro atoms. The summed E-state index contributed by atoms with van der Waals surface area (Å²) in [7, 11) is 3.32. The highest BCUT2D eigenvalue weighted by Crippen LogP contribution is 2.46. The largest absolute Gasteiger partial charge is 0.497 e. The maximum Gasteiger partial charge on any atom is 0.163 e. The van der Waals surface area contributed by atoms with Gasteiger partial charge in [0.1, 0.15) is 11.5 Å². The Kier molecular flexibility index (Phi) is 5.85. The lowest BCUT2D eigenvalue weighted by Gasteiger charge is -2.30. The van der Waals surface area contributed by atoms with E-state index < -0.39 is 0 Å². The number of methoxy groups -OCH3 is 2. The van der Waals surface area contributed by atoms with Gasteiger partial charge in [-0.05, 0) is 60.4 Å². The summed E-state index contributed by atoms with van der Waals surface area (Å²) in [5.74, 6) is 1.79. The number of halogens is 1. The van der Waals surface area contributed by atoms with Crippen LogP contribution >= 0.6 is 15.9 Å². The number of fused-ring (bicyclic) bond motifs is 1. The minimum atomic E-state index is -0.326. The zero-order valence-electron chi connectivity index (χ0n) is 18.5. The molecule has 1 heterocycles. The van der Waals surface area contributed by atoms with Gasteiger partial charge in [-0.15, -0.1) is 0 Å². The molecular weight excluding hydrogens is 480 g/mol. The second kappa shape index (κ2) is 8.94. The maximum absolute atomic E-state index is 13.7. The van der Waals surface area contributed by atoms with Crippen LogP contribution in [-0.2, 0) is 4.79 Å². The minimum absolute atomic E-state index is 0.102. The van der Waals surface area contributed by atoms with Crippen LogP contribution in [0.4, 0.5) is 11.4 Å². The Morgan fingerprint density at radius 1 is 0.909 bits per heavy atom. The lowest BCUT2D eigenvalue weighted by atomic mass is 9.78. The van der Waals surface area contributed by atoms with E-state index in [1.165, 1.54) is 0 Å². The van der Waals surface area contributed by atoms with Crippen molar-refractivity contribution in [2.45, 2.75) is 24.8 Å². The molecule has 5 nitrogen and oxygen atoms in total. The number of carbonyl (C=O) groups is 1. The van der Waals surface area contributed by atoms with Crippen LogP contribution in [0, 0.1) is 0 Å². The number of allylic oxidation sites excluding steroid dienone is 1. The van der Waals surface area contributed by atoms with E-state index in [4.69, 9.17) is 9.47 Å². The van der Waals surface area contributed by atoms with Crippen molar-refractivity contribution < 1.29 is 14.3 Å². The number of anilines is 2. The maximum atomic E-state index is 13.7. The first-order chi connectivity index (χ1) is 16.1. The first-order valence-electron chi connectivity index (χ1n) is 10.9. The van der Waals surface area contributed by atoms with Crippen molar-refractivity contribution in [3.05, 3.63) is 93.6 Å². The second-order valence-electron chi connectivity index (χ2n) is 8.33. The van der Waals surface area contributed by atoms with Gasteiger partial charge in [0.05, 0.1) is 31.6 Å². The Hall–Kier alpha value is -3.25. The molecule has 2 N–H and O–H groups in total. The van der Waals surface area contributed by atoms with Gasteiger partial charge in [-0.1, -0.05) is 40.2 Å². The van der Waals surface area contributed by atoms with Gasteiger partial charge in [0, 0.05) is 27.7 Å². The first kappa shape index (κ1) is 21.6. The Labute approximate surface area is 201 Å². The van der Waals surface area contributed by atoms with Crippen molar-refractivity contribution in [3.8, 4) is 11.5 Å². The molecule has 2 aliphatic rings. The number of hydrogen-bond acceptors (Lipinski definition) is 5. The molecule has 3 aromatic carbocycles. The zero-order chi connectivity index (χ0) is 22.9. The van der Waals surface area contributed by atoms with E-state index in [0.717, 1.165) is 56.2 Å². The van der Waals surface area contributed by atoms with Gasteiger partial charge in [-0.3, -0.25) is 4.79 Å². The molecule has 0 aromatic heterocycles. The Bertz CT molecular complexity index is 1240. The molecule has 6 heteroatoms. The molecule has 168 valence electrons. The molecule has 0 unspecified atom stereocenters. The molecule has 0 radical (unpaired) electrons. The predicted molar refractivity (Wildman–Crippen MR) is 134 cm³/mol. The third-order valence-corrected chi connectivity index (χ3v) is 6.89. The van der Waals surface area contributed by atoms with Gasteiger partial charge in [0.15, 0.2) is 5.78 Å². The fourth-order valence-corrected chi connectivity index (χ4v) is 5.15. The van der Waals surface area contributed by atoms with Crippen molar-refractivity contribution in [1.29, 1.82) is 0 Å². The third kappa shape index (κ3) is 4.11. The zero-order valence-corrected chi connectivity index (χ0v) is 20.1. The normalized spacial score (nSPS) is 19.5. The number of ether oxygens (including phenoxy) is 2. The number of hydrogen-bond donors (Lipinski definition) is 2. The summed E-state index contributed by atoms with van der Waals surface area (Å²) in [6, 6.07) is 21.7. The third-order valence-electron chi connectivity index (χ3n) is 6.40. The number of Topliss-reactive ketones (excluding diaryl/α,β-unsaturated/α-hetero) is 1. The van der Waals surface area contributed by atoms with Crippen LogP contribution in [0.3, 0.4) is 0 Å². The minimum Gasteiger partial charge on any atom is -0.497 e. The summed E-state index contributed by atoms with van der Waals surface area (Å²) in [6.07, 6.45) is 1.20. The van der Waals surface area contributed by atoms with Crippen LogP contribution in [-0.4, -0.2) is 20.0 Å². The van der Waals surface area contributed by atoms with E-state index in [9.17, 15) is 4.79 Å². The summed E-state index contributed by atoms with van der Waals surface area (Å²) < 4.78 is 11.9. The van der Waals surface area contributed by atoms with Gasteiger partial charge in [-0.2, -0.15) is 0 Å². The second-order valence-corrected chi connectivity index (χ2v) is 9.24. The van der Waals surface area contributed by atoms with E-state index in [0.29, 0.717) is 6.42 Å². The topological polar surface area (TPSA) is 59.6 Å². The van der Waals surface area contributed by atoms with Crippen LogP contribution in [0.2, 0.25) is 0 Å². The van der Waals surface area contributed by atoms with Crippen molar-refractivity contribution >= 4 is 33.1 Å². The lowest BCUT2D eigenvalue weighted by molar-refractivity contribution is -0.116. The summed E-state index contributed by atoms with van der Waals surface area (Å²) in [5.41, 5.74) is 5.70. The number of para-hydroxylation sites is 2. The van der Waals surface area contributed by atoms with Crippen molar-refractivity contribution in [1.82, 2.24) is 0 Å². The Morgan fingerprint density at radius 2 is 1.67 bits per heavy atom. The van der Waals surface area contributed by atoms with Crippen LogP contribution in [0.25, 0.3) is 0 Å². The van der Waals surface area contributed by atoms with E-state index in [2.05, 4.69) is 38.7 Å². The molecule has 0 amide bonds. The predicted octanol–water partition coefficient (Wildman–Crippen LogP) is 6.45. The van der Waals surface area contributed by atoms with Gasteiger partial charge < -0.3 is 20.1 Å². The van der Waals surface area contributed by atoms with E-state index in [1.54, 1.807) is 14.2 Å². The molecule has 3 aromatic rings. The van der Waals surface area contributed by atoms with Gasteiger partial charge in [0.2, 0.25) is 0 Å². The molecule has 0 fully saturated rings. The molecule has 5 rings (SSSR count). The van der Waals surface area contributed by atoms with Crippen LogP contribution < -0.4 is 20.1 Å². The molecule has 2 atom stereocenters. The highest BCUT2D eigenvalue weighted by Gasteiger charge is 2.37. The van der Waals surface area contributed by atoms with Crippen molar-refractivity contribution in [3.63, 3.8) is 0 Å². The lowest BCUT2D eigenvalue weighted by Crippen LogP contribution is -2.27. The molecule has 33 heavy (non-hydrogen) atoms. The van der Waals surface area contributed by atoms with Crippen molar-refractivity contribution in [2.24, 2.45) is 0 Å². The fourth-order valence-electron chi connectivity index (χ4n) is 4.77. The van der Waals surface area contributed by atoms with E-state index in [1.807, 2.05) is 54.6 Å². The molecule has 1 aliphatic heterocycles. The standard InChI is InChI=1S/C27H25BrN2O3/c1-32-19-10-7-16(8-11-19)17-13-23-26(24(31)14-17)27(20-15-18(28)9-12-25(20)33-2)30-22-6-4-3-5-21(22)29-23/h3-12,15,17,27,29-30H,13-14H2,1-2H3/t17-,27+/m1/s1.